The van der Waals surface area contributed by atoms with Crippen LogP contribution >= 0.6 is 0 Å². The first-order valence-electron chi connectivity index (χ1n) is 7.31. The molecule has 0 spiro atoms. The largest absolute Gasteiger partial charge is 0.466 e. The number of benzene rings is 1. The van der Waals surface area contributed by atoms with E-state index in [9.17, 15) is 18.0 Å². The number of esters is 1. The molecule has 0 bridgehead atoms. The molecule has 0 unspecified atom stereocenters. The molecule has 2 rings (SSSR count). The van der Waals surface area contributed by atoms with Gasteiger partial charge in [-0.3, -0.25) is 9.59 Å². The number of carbonyl (C=O) groups is 2. The molecule has 1 fully saturated rings. The summed E-state index contributed by atoms with van der Waals surface area (Å²) in [6.45, 7) is 2.07. The summed E-state index contributed by atoms with van der Waals surface area (Å²) in [5, 5.41) is 0. The number of aryl methyl sites for hydroxylation is 1. The lowest BCUT2D eigenvalue weighted by Gasteiger charge is -2.04. The topological polar surface area (TPSA) is 77.5 Å². The van der Waals surface area contributed by atoms with Crippen molar-refractivity contribution in [1.82, 2.24) is 0 Å². The van der Waals surface area contributed by atoms with Gasteiger partial charge in [0.05, 0.1) is 17.4 Å². The number of ketones is 1. The first kappa shape index (κ1) is 16.7. The van der Waals surface area contributed by atoms with E-state index >= 15 is 0 Å². The lowest BCUT2D eigenvalue weighted by molar-refractivity contribution is -0.145. The summed E-state index contributed by atoms with van der Waals surface area (Å²) in [6.07, 6.45) is 2.52. The summed E-state index contributed by atoms with van der Waals surface area (Å²) in [4.78, 5) is 23.8. The highest BCUT2D eigenvalue weighted by atomic mass is 32.2. The summed E-state index contributed by atoms with van der Waals surface area (Å²) in [6, 6.07) is 6.61. The van der Waals surface area contributed by atoms with Crippen LogP contribution in [0, 0.1) is 11.8 Å². The normalized spacial score (nSPS) is 20.5. The fourth-order valence-electron chi connectivity index (χ4n) is 2.45. The highest BCUT2D eigenvalue weighted by Crippen LogP contribution is 2.41. The van der Waals surface area contributed by atoms with E-state index in [1.165, 1.54) is 0 Å². The van der Waals surface area contributed by atoms with Crippen LogP contribution in [0.3, 0.4) is 0 Å². The van der Waals surface area contributed by atoms with Crippen molar-refractivity contribution in [2.24, 2.45) is 11.8 Å². The van der Waals surface area contributed by atoms with Crippen LogP contribution in [-0.2, 0) is 30.6 Å². The summed E-state index contributed by atoms with van der Waals surface area (Å²) in [5.41, 5.74) is 0.810. The van der Waals surface area contributed by atoms with Gasteiger partial charge in [-0.15, -0.1) is 0 Å². The molecular formula is C16H20O5S. The minimum Gasteiger partial charge on any atom is -0.466 e. The highest BCUT2D eigenvalue weighted by Gasteiger charge is 2.48. The van der Waals surface area contributed by atoms with Gasteiger partial charge in [-0.2, -0.15) is 0 Å². The molecule has 1 aliphatic rings. The summed E-state index contributed by atoms with van der Waals surface area (Å²) in [5.74, 6) is -0.755. The molecule has 0 saturated heterocycles. The Morgan fingerprint density at radius 2 is 2.00 bits per heavy atom. The van der Waals surface area contributed by atoms with Gasteiger partial charge in [0.2, 0.25) is 0 Å². The predicted molar refractivity (Wildman–Crippen MR) is 81.1 cm³/mol. The van der Waals surface area contributed by atoms with Crippen molar-refractivity contribution >= 4 is 21.6 Å². The van der Waals surface area contributed by atoms with Crippen LogP contribution in [0.1, 0.15) is 25.3 Å². The van der Waals surface area contributed by atoms with Gasteiger partial charge in [-0.05, 0) is 37.5 Å². The zero-order valence-electron chi connectivity index (χ0n) is 12.7. The molecule has 1 aromatic rings. The number of Topliss-reactive ketones (excluding diaryl/α,β-unsaturated/α-hetero) is 1. The molecule has 120 valence electrons. The number of carbonyl (C=O) groups excluding carboxylic acids is 2. The molecule has 22 heavy (non-hydrogen) atoms. The summed E-state index contributed by atoms with van der Waals surface area (Å²) in [7, 11) is -3.24. The van der Waals surface area contributed by atoms with Gasteiger partial charge in [-0.25, -0.2) is 8.42 Å². The first-order valence-corrected chi connectivity index (χ1v) is 9.20. The Hall–Kier alpha value is -1.69. The second kappa shape index (κ2) is 6.60. The summed E-state index contributed by atoms with van der Waals surface area (Å²) < 4.78 is 27.9. The molecular weight excluding hydrogens is 304 g/mol. The molecule has 0 heterocycles. The number of hydrogen-bond acceptors (Lipinski definition) is 5. The minimum absolute atomic E-state index is 0.0443. The number of rotatable bonds is 7. The van der Waals surface area contributed by atoms with E-state index in [0.29, 0.717) is 25.9 Å². The Balaban J connectivity index is 1.89. The monoisotopic (exact) mass is 324 g/mol. The van der Waals surface area contributed by atoms with Crippen LogP contribution in [0.5, 0.6) is 0 Å². The molecule has 0 radical (unpaired) electrons. The molecule has 2 atom stereocenters. The van der Waals surface area contributed by atoms with Gasteiger partial charge in [0, 0.05) is 18.6 Å². The van der Waals surface area contributed by atoms with E-state index in [4.69, 9.17) is 4.74 Å². The Morgan fingerprint density at radius 1 is 1.27 bits per heavy atom. The van der Waals surface area contributed by atoms with Crippen molar-refractivity contribution in [2.75, 3.05) is 12.9 Å². The molecule has 0 amide bonds. The second-order valence-electron chi connectivity index (χ2n) is 5.59. The maximum absolute atomic E-state index is 12.1. The number of ether oxygens (including phenoxy) is 1. The Kier molecular flexibility index (Phi) is 5.01. The van der Waals surface area contributed by atoms with Gasteiger partial charge in [-0.1, -0.05) is 12.1 Å². The molecule has 0 aromatic heterocycles. The summed E-state index contributed by atoms with van der Waals surface area (Å²) >= 11 is 0. The maximum atomic E-state index is 12.1. The first-order chi connectivity index (χ1) is 10.3. The highest BCUT2D eigenvalue weighted by molar-refractivity contribution is 7.90. The van der Waals surface area contributed by atoms with Gasteiger partial charge in [0.1, 0.15) is 5.78 Å². The van der Waals surface area contributed by atoms with E-state index in [2.05, 4.69) is 0 Å². The molecule has 5 nitrogen and oxygen atoms in total. The lowest BCUT2D eigenvalue weighted by Crippen LogP contribution is -2.12. The fraction of sp³-hybridized carbons (Fsp3) is 0.500. The third-order valence-corrected chi connectivity index (χ3v) is 4.89. The smallest absolute Gasteiger partial charge is 0.309 e. The lowest BCUT2D eigenvalue weighted by atomic mass is 10.0. The van der Waals surface area contributed by atoms with Crippen molar-refractivity contribution in [2.45, 2.75) is 31.1 Å². The van der Waals surface area contributed by atoms with Crippen molar-refractivity contribution in [1.29, 1.82) is 0 Å². The predicted octanol–water partition coefficient (Wildman–Crippen LogP) is 1.79. The zero-order chi connectivity index (χ0) is 16.3. The van der Waals surface area contributed by atoms with Crippen LogP contribution in [0.25, 0.3) is 0 Å². The van der Waals surface area contributed by atoms with Crippen molar-refractivity contribution in [3.63, 3.8) is 0 Å². The average Bonchev–Trinajstić information content (AvgIpc) is 3.25. The number of sulfone groups is 1. The fourth-order valence-corrected chi connectivity index (χ4v) is 3.14. The van der Waals surface area contributed by atoms with Crippen LogP contribution in [0.2, 0.25) is 0 Å². The minimum atomic E-state index is -3.24. The van der Waals surface area contributed by atoms with E-state index in [1.807, 2.05) is 0 Å². The van der Waals surface area contributed by atoms with E-state index in [1.54, 1.807) is 31.2 Å². The van der Waals surface area contributed by atoms with Crippen molar-refractivity contribution in [3.05, 3.63) is 29.8 Å². The Morgan fingerprint density at radius 3 is 2.64 bits per heavy atom. The molecule has 0 N–H and O–H groups in total. The average molecular weight is 324 g/mol. The van der Waals surface area contributed by atoms with E-state index in [0.717, 1.165) is 11.8 Å². The second-order valence-corrected chi connectivity index (χ2v) is 7.60. The van der Waals surface area contributed by atoms with Gasteiger partial charge in [0.15, 0.2) is 9.84 Å². The standard InChI is InChI=1S/C16H20O5S/c1-3-21-16(18)14-10-13(14)15(17)8-7-11-5-4-6-12(9-11)22(2,19)20/h4-6,9,13-14H,3,7-8,10H2,1-2H3/t13-,14-/m0/s1. The molecule has 1 aliphatic carbocycles. The molecule has 1 aromatic carbocycles. The van der Waals surface area contributed by atoms with Crippen LogP contribution < -0.4 is 0 Å². The quantitative estimate of drug-likeness (QED) is 0.715. The molecule has 0 aliphatic heterocycles. The third kappa shape index (κ3) is 4.16. The Bertz CT molecular complexity index is 678. The van der Waals surface area contributed by atoms with Gasteiger partial charge < -0.3 is 4.74 Å². The molecule has 6 heteroatoms. The van der Waals surface area contributed by atoms with Crippen LogP contribution in [0.4, 0.5) is 0 Å². The maximum Gasteiger partial charge on any atom is 0.309 e. The third-order valence-electron chi connectivity index (χ3n) is 3.78. The van der Waals surface area contributed by atoms with Crippen molar-refractivity contribution < 1.29 is 22.7 Å². The van der Waals surface area contributed by atoms with Crippen LogP contribution in [-0.4, -0.2) is 33.0 Å². The van der Waals surface area contributed by atoms with Crippen LogP contribution in [0.15, 0.2) is 29.2 Å². The van der Waals surface area contributed by atoms with E-state index < -0.39 is 9.84 Å². The zero-order valence-corrected chi connectivity index (χ0v) is 13.6. The van der Waals surface area contributed by atoms with E-state index in [-0.39, 0.29) is 28.5 Å². The van der Waals surface area contributed by atoms with Gasteiger partial charge >= 0.3 is 5.97 Å². The molecule has 1 saturated carbocycles. The number of hydrogen-bond donors (Lipinski definition) is 0. The SMILES string of the molecule is CCOC(=O)[C@H]1C[C@@H]1C(=O)CCc1cccc(S(C)(=O)=O)c1. The van der Waals surface area contributed by atoms with Gasteiger partial charge in [0.25, 0.3) is 0 Å². The van der Waals surface area contributed by atoms with Crippen molar-refractivity contribution in [3.8, 4) is 0 Å². The Labute approximate surface area is 130 Å².